The third-order valence-corrected chi connectivity index (χ3v) is 8.22. The van der Waals surface area contributed by atoms with Crippen molar-refractivity contribution in [2.75, 3.05) is 62.0 Å². The number of aromatic nitrogens is 3. The van der Waals surface area contributed by atoms with E-state index in [-0.39, 0.29) is 5.56 Å². The number of pyridine rings is 1. The predicted octanol–water partition coefficient (Wildman–Crippen LogP) is 5.13. The number of hydrogen-bond donors (Lipinski definition) is 1. The van der Waals surface area contributed by atoms with E-state index in [1.165, 1.54) is 11.8 Å². The Hall–Kier alpha value is -4.42. The van der Waals surface area contributed by atoms with Gasteiger partial charge in [0.05, 0.1) is 53.7 Å². The number of benzene rings is 2. The minimum absolute atomic E-state index is 0.276. The van der Waals surface area contributed by atoms with Crippen molar-refractivity contribution < 1.29 is 28.4 Å². The predicted molar refractivity (Wildman–Crippen MR) is 172 cm³/mol. The first kappa shape index (κ1) is 31.0. The molecule has 0 unspecified atom stereocenters. The average Bonchev–Trinajstić information content (AvgIpc) is 3.05. The van der Waals surface area contributed by atoms with Crippen LogP contribution in [0.4, 0.5) is 0 Å². The molecule has 0 aliphatic carbocycles. The molecular weight excluding hydrogens is 584 g/mol. The van der Waals surface area contributed by atoms with Crippen LogP contribution >= 0.6 is 11.8 Å². The largest absolute Gasteiger partial charge is 0.493 e. The van der Waals surface area contributed by atoms with Crippen LogP contribution in [-0.2, 0) is 6.54 Å². The maximum Gasteiger partial charge on any atom is 0.261 e. The standard InChI is InChI=1S/C32H36N4O7S/c1-9-36-15-19(10-17-11-21(38-2)28(42-6)22(12-17)39-3)27-20(16-36)25(26-30(33-27)34-32(44-8)35-31(26)37)18-13-23(40-4)29(43-7)24(14-18)41-5/h10-14H,9,15-16H2,1-8H3,(H,33,34,35,37)/b19-10+. The first-order chi connectivity index (χ1) is 21.3. The molecular formula is C32H36N4O7S. The Labute approximate surface area is 260 Å². The van der Waals surface area contributed by atoms with Crippen molar-refractivity contribution in [2.24, 2.45) is 0 Å². The number of hydrogen-bond acceptors (Lipinski definition) is 11. The second-order valence-corrected chi connectivity index (χ2v) is 10.7. The van der Waals surface area contributed by atoms with E-state index in [0.29, 0.717) is 69.3 Å². The van der Waals surface area contributed by atoms with Crippen LogP contribution in [0.15, 0.2) is 34.2 Å². The summed E-state index contributed by atoms with van der Waals surface area (Å²) in [6.07, 6.45) is 3.92. The van der Waals surface area contributed by atoms with Crippen LogP contribution in [0.2, 0.25) is 0 Å². The van der Waals surface area contributed by atoms with Crippen LogP contribution in [0.1, 0.15) is 23.7 Å². The van der Waals surface area contributed by atoms with Crippen LogP contribution in [0.25, 0.3) is 33.8 Å². The number of aromatic amines is 1. The molecule has 12 heteroatoms. The Kier molecular flexibility index (Phi) is 9.21. The Morgan fingerprint density at radius 2 is 1.41 bits per heavy atom. The van der Waals surface area contributed by atoms with Crippen molar-refractivity contribution in [1.82, 2.24) is 19.9 Å². The van der Waals surface area contributed by atoms with Gasteiger partial charge >= 0.3 is 0 Å². The lowest BCUT2D eigenvalue weighted by Gasteiger charge is -2.31. The maximum absolute atomic E-state index is 13.7. The summed E-state index contributed by atoms with van der Waals surface area (Å²) in [7, 11) is 9.45. The SMILES string of the molecule is CCN1C/C(=C\c2cc(OC)c(OC)c(OC)c2)c2nc3nc(SC)[nH]c(=O)c3c(-c3cc(OC)c(OC)c(OC)c3)c2C1. The molecule has 4 aromatic rings. The quantitative estimate of drug-likeness (QED) is 0.188. The summed E-state index contributed by atoms with van der Waals surface area (Å²) in [6.45, 7) is 4.08. The highest BCUT2D eigenvalue weighted by molar-refractivity contribution is 7.98. The molecule has 0 saturated heterocycles. The van der Waals surface area contributed by atoms with E-state index in [9.17, 15) is 4.79 Å². The minimum Gasteiger partial charge on any atom is -0.493 e. The summed E-state index contributed by atoms with van der Waals surface area (Å²) >= 11 is 1.35. The Bertz CT molecular complexity index is 1750. The van der Waals surface area contributed by atoms with Crippen LogP contribution < -0.4 is 34.0 Å². The van der Waals surface area contributed by atoms with Crippen LogP contribution in [-0.4, -0.2) is 81.9 Å². The zero-order chi connectivity index (χ0) is 31.5. The molecule has 0 fully saturated rings. The molecule has 1 N–H and O–H groups in total. The summed E-state index contributed by atoms with van der Waals surface area (Å²) in [4.78, 5) is 28.7. The molecule has 0 spiro atoms. The molecule has 0 bridgehead atoms. The van der Waals surface area contributed by atoms with Gasteiger partial charge in [-0.2, -0.15) is 0 Å². The van der Waals surface area contributed by atoms with Crippen molar-refractivity contribution in [3.63, 3.8) is 0 Å². The van der Waals surface area contributed by atoms with Crippen LogP contribution in [0, 0.1) is 0 Å². The first-order valence-corrected chi connectivity index (χ1v) is 15.1. The number of thioether (sulfide) groups is 1. The number of nitrogens with one attached hydrogen (secondary N) is 1. The van der Waals surface area contributed by atoms with Crippen molar-refractivity contribution in [3.8, 4) is 45.6 Å². The number of methoxy groups -OCH3 is 6. The van der Waals surface area contributed by atoms with Gasteiger partial charge in [-0.25, -0.2) is 9.97 Å². The summed E-state index contributed by atoms with van der Waals surface area (Å²) in [6, 6.07) is 7.50. The molecule has 0 radical (unpaired) electrons. The summed E-state index contributed by atoms with van der Waals surface area (Å²) in [5, 5.41) is 0.868. The van der Waals surface area contributed by atoms with Crippen molar-refractivity contribution in [3.05, 3.63) is 51.4 Å². The van der Waals surface area contributed by atoms with E-state index in [1.54, 1.807) is 42.7 Å². The highest BCUT2D eigenvalue weighted by Crippen LogP contribution is 2.45. The lowest BCUT2D eigenvalue weighted by molar-refractivity contribution is 0.307. The van der Waals surface area contributed by atoms with Gasteiger partial charge in [-0.3, -0.25) is 9.69 Å². The van der Waals surface area contributed by atoms with Crippen LogP contribution in [0.3, 0.4) is 0 Å². The van der Waals surface area contributed by atoms with Gasteiger partial charge in [-0.1, -0.05) is 18.7 Å². The summed E-state index contributed by atoms with van der Waals surface area (Å²) < 4.78 is 33.7. The third kappa shape index (κ3) is 5.50. The highest BCUT2D eigenvalue weighted by atomic mass is 32.2. The molecule has 1 aliphatic rings. The average molecular weight is 621 g/mol. The highest BCUT2D eigenvalue weighted by Gasteiger charge is 2.29. The second-order valence-electron chi connectivity index (χ2n) is 9.93. The van der Waals surface area contributed by atoms with E-state index in [0.717, 1.165) is 34.5 Å². The molecule has 2 aromatic carbocycles. The number of ether oxygens (including phenoxy) is 6. The van der Waals surface area contributed by atoms with E-state index in [4.69, 9.17) is 38.4 Å². The molecule has 11 nitrogen and oxygen atoms in total. The van der Waals surface area contributed by atoms with Crippen molar-refractivity contribution in [1.29, 1.82) is 0 Å². The molecule has 44 heavy (non-hydrogen) atoms. The molecule has 2 aromatic heterocycles. The number of likely N-dealkylation sites (N-methyl/N-ethyl adjacent to an activating group) is 1. The fourth-order valence-electron chi connectivity index (χ4n) is 5.57. The monoisotopic (exact) mass is 620 g/mol. The summed E-state index contributed by atoms with van der Waals surface area (Å²) in [5.41, 5.74) is 4.94. The lowest BCUT2D eigenvalue weighted by Crippen LogP contribution is -2.31. The van der Waals surface area contributed by atoms with Crippen molar-refractivity contribution >= 4 is 34.4 Å². The first-order valence-electron chi connectivity index (χ1n) is 13.9. The van der Waals surface area contributed by atoms with Gasteiger partial charge in [0.2, 0.25) is 11.5 Å². The smallest absolute Gasteiger partial charge is 0.261 e. The number of nitrogens with zero attached hydrogens (tertiary/aromatic N) is 3. The number of H-pyrrole nitrogens is 1. The Morgan fingerprint density at radius 1 is 0.841 bits per heavy atom. The number of fused-ring (bicyclic) bond motifs is 2. The van der Waals surface area contributed by atoms with Gasteiger partial charge in [0, 0.05) is 24.2 Å². The molecule has 232 valence electrons. The van der Waals surface area contributed by atoms with Gasteiger partial charge < -0.3 is 33.4 Å². The zero-order valence-corrected chi connectivity index (χ0v) is 26.9. The molecule has 1 aliphatic heterocycles. The van der Waals surface area contributed by atoms with Gasteiger partial charge in [0.25, 0.3) is 5.56 Å². The normalized spacial score (nSPS) is 14.0. The van der Waals surface area contributed by atoms with Gasteiger partial charge in [-0.15, -0.1) is 0 Å². The second kappa shape index (κ2) is 13.1. The Morgan fingerprint density at radius 3 is 1.91 bits per heavy atom. The molecule has 0 atom stereocenters. The number of rotatable bonds is 10. The molecule has 0 amide bonds. The van der Waals surface area contributed by atoms with E-state index < -0.39 is 0 Å². The summed E-state index contributed by atoms with van der Waals surface area (Å²) in [5.74, 6) is 3.01. The molecule has 3 heterocycles. The Balaban J connectivity index is 1.87. The van der Waals surface area contributed by atoms with Crippen molar-refractivity contribution in [2.45, 2.75) is 18.6 Å². The minimum atomic E-state index is -0.276. The zero-order valence-electron chi connectivity index (χ0n) is 26.1. The van der Waals surface area contributed by atoms with Gasteiger partial charge in [0.15, 0.2) is 33.8 Å². The third-order valence-electron chi connectivity index (χ3n) is 7.64. The maximum atomic E-state index is 13.7. The van der Waals surface area contributed by atoms with E-state index in [1.807, 2.05) is 30.5 Å². The molecule has 0 saturated carbocycles. The fraction of sp³-hybridized carbons (Fsp3) is 0.344. The topological polar surface area (TPSA) is 117 Å². The van der Waals surface area contributed by atoms with Gasteiger partial charge in [0.1, 0.15) is 0 Å². The van der Waals surface area contributed by atoms with E-state index >= 15 is 0 Å². The lowest BCUT2D eigenvalue weighted by atomic mass is 9.89. The van der Waals surface area contributed by atoms with E-state index in [2.05, 4.69) is 22.9 Å². The molecule has 5 rings (SSSR count). The van der Waals surface area contributed by atoms with Gasteiger partial charge in [-0.05, 0) is 59.8 Å². The fourth-order valence-corrected chi connectivity index (χ4v) is 5.94. The van der Waals surface area contributed by atoms with Crippen LogP contribution in [0.5, 0.6) is 34.5 Å².